The van der Waals surface area contributed by atoms with Gasteiger partial charge in [0.05, 0.1) is 6.04 Å². The van der Waals surface area contributed by atoms with Crippen LogP contribution in [0.25, 0.3) is 11.0 Å². The van der Waals surface area contributed by atoms with Crippen LogP contribution in [0.15, 0.2) is 39.5 Å². The largest absolute Gasteiger partial charge is 0.423 e. The molecule has 0 unspecified atom stereocenters. The van der Waals surface area contributed by atoms with Gasteiger partial charge in [-0.3, -0.25) is 4.79 Å². The first-order valence-corrected chi connectivity index (χ1v) is 7.66. The summed E-state index contributed by atoms with van der Waals surface area (Å²) in [4.78, 5) is 21.8. The van der Waals surface area contributed by atoms with Gasteiger partial charge >= 0.3 is 5.63 Å². The maximum atomic E-state index is 10.9. The number of hydrogen-bond acceptors (Lipinski definition) is 5. The van der Waals surface area contributed by atoms with Gasteiger partial charge in [0.2, 0.25) is 5.91 Å². The van der Waals surface area contributed by atoms with E-state index in [1.165, 1.54) is 6.07 Å². The van der Waals surface area contributed by atoms with Crippen molar-refractivity contribution in [1.82, 2.24) is 5.32 Å². The minimum absolute atomic E-state index is 0.0954. The van der Waals surface area contributed by atoms with E-state index in [9.17, 15) is 9.59 Å². The van der Waals surface area contributed by atoms with Crippen molar-refractivity contribution in [2.45, 2.75) is 32.2 Å². The molecule has 0 radical (unpaired) electrons. The molecule has 0 bridgehead atoms. The molecule has 1 aromatic carbocycles. The molecule has 6 nitrogen and oxygen atoms in total. The Kier molecular flexibility index (Phi) is 8.01. The molecule has 0 aliphatic heterocycles. The van der Waals surface area contributed by atoms with Crippen LogP contribution in [-0.2, 0) is 4.79 Å². The average Bonchev–Trinajstić information content (AvgIpc) is 2.54. The Morgan fingerprint density at radius 2 is 2.00 bits per heavy atom. The van der Waals surface area contributed by atoms with E-state index < -0.39 is 0 Å². The lowest BCUT2D eigenvalue weighted by Crippen LogP contribution is -2.38. The first-order valence-electron chi connectivity index (χ1n) is 7.66. The Hall–Kier alpha value is -2.18. The van der Waals surface area contributed by atoms with E-state index in [2.05, 4.69) is 5.32 Å². The summed E-state index contributed by atoms with van der Waals surface area (Å²) in [5.74, 6) is -0.0954. The van der Waals surface area contributed by atoms with E-state index in [0.29, 0.717) is 12.1 Å². The zero-order valence-corrected chi connectivity index (χ0v) is 13.7. The minimum Gasteiger partial charge on any atom is -0.423 e. The number of carbonyl (C=O) groups excluding carboxylic acids is 1. The molecule has 126 valence electrons. The number of nitrogens with two attached hydrogens (primary N) is 2. The summed E-state index contributed by atoms with van der Waals surface area (Å²) in [6.45, 7) is 2.57. The molecule has 0 aliphatic carbocycles. The normalized spacial score (nSPS) is 11.5. The highest BCUT2D eigenvalue weighted by atomic mass is 16.4. The molecular formula is C17H25N3O3. The summed E-state index contributed by atoms with van der Waals surface area (Å²) in [5, 5.41) is 3.49. The number of benzene rings is 1. The number of likely N-dealkylation sites (N-methyl/N-ethyl adjacent to an activating group) is 1. The van der Waals surface area contributed by atoms with Crippen molar-refractivity contribution in [1.29, 1.82) is 0 Å². The van der Waals surface area contributed by atoms with Gasteiger partial charge in [0.25, 0.3) is 0 Å². The molecule has 6 heteroatoms. The van der Waals surface area contributed by atoms with Crippen LogP contribution in [0.1, 0.15) is 24.8 Å². The minimum atomic E-state index is -0.369. The number of amides is 1. The van der Waals surface area contributed by atoms with Crippen LogP contribution >= 0.6 is 0 Å². The van der Waals surface area contributed by atoms with Crippen LogP contribution < -0.4 is 22.4 Å². The highest BCUT2D eigenvalue weighted by Gasteiger charge is 2.09. The maximum absolute atomic E-state index is 10.9. The van der Waals surface area contributed by atoms with Gasteiger partial charge in [0.1, 0.15) is 5.58 Å². The average molecular weight is 319 g/mol. The van der Waals surface area contributed by atoms with Crippen LogP contribution in [0, 0.1) is 6.92 Å². The van der Waals surface area contributed by atoms with Gasteiger partial charge in [-0.1, -0.05) is 24.6 Å². The number of hydrogen-bond donors (Lipinski definition) is 3. The molecule has 1 amide bonds. The molecule has 0 saturated carbocycles. The predicted molar refractivity (Wildman–Crippen MR) is 92.2 cm³/mol. The number of aryl methyl sites for hydroxylation is 1. The molecule has 0 fully saturated rings. The molecule has 0 saturated heterocycles. The molecule has 0 spiro atoms. The van der Waals surface area contributed by atoms with E-state index in [4.69, 9.17) is 15.9 Å². The number of rotatable bonds is 5. The SMILES string of the molecule is CNC(=O)[C@@H](N)CCCCN.Cc1cc(=O)oc2ccccc12. The first kappa shape index (κ1) is 18.9. The van der Waals surface area contributed by atoms with Crippen LogP contribution in [0.3, 0.4) is 0 Å². The number of unbranched alkanes of at least 4 members (excludes halogenated alkanes) is 1. The topological polar surface area (TPSA) is 111 Å². The van der Waals surface area contributed by atoms with Crippen LogP contribution in [0.4, 0.5) is 0 Å². The van der Waals surface area contributed by atoms with Gasteiger partial charge in [-0.2, -0.15) is 0 Å². The molecule has 1 heterocycles. The van der Waals surface area contributed by atoms with Crippen molar-refractivity contribution in [3.8, 4) is 0 Å². The summed E-state index contributed by atoms with van der Waals surface area (Å²) in [7, 11) is 1.59. The highest BCUT2D eigenvalue weighted by molar-refractivity contribution is 5.81. The lowest BCUT2D eigenvalue weighted by molar-refractivity contribution is -0.122. The molecule has 2 aromatic rings. The second kappa shape index (κ2) is 9.76. The van der Waals surface area contributed by atoms with E-state index >= 15 is 0 Å². The first-order chi connectivity index (χ1) is 11.0. The molecule has 5 N–H and O–H groups in total. The third-order valence-corrected chi connectivity index (χ3v) is 3.41. The van der Waals surface area contributed by atoms with Crippen molar-refractivity contribution < 1.29 is 9.21 Å². The van der Waals surface area contributed by atoms with Gasteiger partial charge in [-0.05, 0) is 37.9 Å². The van der Waals surface area contributed by atoms with E-state index in [1.54, 1.807) is 13.1 Å². The Morgan fingerprint density at radius 1 is 1.30 bits per heavy atom. The molecule has 1 aromatic heterocycles. The third kappa shape index (κ3) is 6.22. The quantitative estimate of drug-likeness (QED) is 0.568. The van der Waals surface area contributed by atoms with Gasteiger partial charge < -0.3 is 21.2 Å². The van der Waals surface area contributed by atoms with Gasteiger partial charge in [0.15, 0.2) is 0 Å². The zero-order chi connectivity index (χ0) is 17.2. The zero-order valence-electron chi connectivity index (χ0n) is 13.7. The predicted octanol–water partition coefficient (Wildman–Crippen LogP) is 1.29. The Bertz CT molecular complexity index is 682. The lowest BCUT2D eigenvalue weighted by Gasteiger charge is -2.08. The van der Waals surface area contributed by atoms with Crippen molar-refractivity contribution >= 4 is 16.9 Å². The van der Waals surface area contributed by atoms with Gasteiger partial charge in [-0.15, -0.1) is 0 Å². The summed E-state index contributed by atoms with van der Waals surface area (Å²) >= 11 is 0. The van der Waals surface area contributed by atoms with Crippen molar-refractivity contribution in [2.24, 2.45) is 11.5 Å². The fraction of sp³-hybridized carbons (Fsp3) is 0.412. The number of nitrogens with one attached hydrogen (secondary N) is 1. The maximum Gasteiger partial charge on any atom is 0.336 e. The fourth-order valence-corrected chi connectivity index (χ4v) is 2.10. The van der Waals surface area contributed by atoms with Gasteiger partial charge in [0, 0.05) is 18.5 Å². The Labute approximate surface area is 135 Å². The lowest BCUT2D eigenvalue weighted by atomic mass is 10.1. The van der Waals surface area contributed by atoms with Crippen LogP contribution in [0.5, 0.6) is 0 Å². The summed E-state index contributed by atoms with van der Waals surface area (Å²) < 4.78 is 4.99. The van der Waals surface area contributed by atoms with Crippen molar-refractivity contribution in [2.75, 3.05) is 13.6 Å². The molecule has 23 heavy (non-hydrogen) atoms. The smallest absolute Gasteiger partial charge is 0.336 e. The summed E-state index contributed by atoms with van der Waals surface area (Å²) in [6.07, 6.45) is 2.58. The van der Waals surface area contributed by atoms with Gasteiger partial charge in [-0.25, -0.2) is 4.79 Å². The molecule has 1 atom stereocenters. The second-order valence-corrected chi connectivity index (χ2v) is 5.25. The molecule has 0 aliphatic rings. The van der Waals surface area contributed by atoms with E-state index in [0.717, 1.165) is 30.2 Å². The van der Waals surface area contributed by atoms with E-state index in [-0.39, 0.29) is 17.6 Å². The number of fused-ring (bicyclic) bond motifs is 1. The Balaban J connectivity index is 0.000000232. The molecular weight excluding hydrogens is 294 g/mol. The number of para-hydroxylation sites is 1. The summed E-state index contributed by atoms with van der Waals surface area (Å²) in [6, 6.07) is 8.64. The second-order valence-electron chi connectivity index (χ2n) is 5.25. The van der Waals surface area contributed by atoms with E-state index in [1.807, 2.05) is 25.1 Å². The summed E-state index contributed by atoms with van der Waals surface area (Å²) in [5.41, 5.74) is 12.1. The van der Waals surface area contributed by atoms with Crippen molar-refractivity contribution in [3.05, 3.63) is 46.3 Å². The number of carbonyl (C=O) groups is 1. The van der Waals surface area contributed by atoms with Crippen LogP contribution in [-0.4, -0.2) is 25.5 Å². The highest BCUT2D eigenvalue weighted by Crippen LogP contribution is 2.14. The van der Waals surface area contributed by atoms with Crippen LogP contribution in [0.2, 0.25) is 0 Å². The molecule has 2 rings (SSSR count). The van der Waals surface area contributed by atoms with Crippen molar-refractivity contribution in [3.63, 3.8) is 0 Å². The third-order valence-electron chi connectivity index (χ3n) is 3.41. The Morgan fingerprint density at radius 3 is 2.65 bits per heavy atom. The fourth-order valence-electron chi connectivity index (χ4n) is 2.10. The standard InChI is InChI=1S/C10H8O2.C7H17N3O/c1-7-6-10(11)12-9-5-3-2-4-8(7)9;1-10-7(11)6(9)4-2-3-5-8/h2-6H,1H3;6H,2-5,8-9H2,1H3,(H,10,11)/t;6-/m.0/s1. The monoisotopic (exact) mass is 319 g/mol.